The van der Waals surface area contributed by atoms with Crippen molar-refractivity contribution in [2.24, 2.45) is 11.5 Å². The summed E-state index contributed by atoms with van der Waals surface area (Å²) in [6.07, 6.45) is 1.60. The second kappa shape index (κ2) is 12.8. The highest BCUT2D eigenvalue weighted by molar-refractivity contribution is 5.87. The number of hydrogen-bond acceptors (Lipinski definition) is 8. The highest BCUT2D eigenvalue weighted by atomic mass is 16.4. The van der Waals surface area contributed by atoms with Gasteiger partial charge < -0.3 is 52.1 Å². The van der Waals surface area contributed by atoms with Gasteiger partial charge >= 0.3 is 23.9 Å². The number of nitrogens with two attached hydrogens (primary N) is 2. The monoisotopic (exact) mass is 584 g/mol. The second-order valence-corrected chi connectivity index (χ2v) is 10.0. The summed E-state index contributed by atoms with van der Waals surface area (Å²) in [5.41, 5.74) is 9.03. The van der Waals surface area contributed by atoms with Gasteiger partial charge in [0.1, 0.15) is 12.1 Å². The molecule has 2 aromatic heterocycles. The topological polar surface area (TPSA) is 273 Å². The Hall–Kier alpha value is -4.76. The van der Waals surface area contributed by atoms with Crippen molar-refractivity contribution in [3.05, 3.63) is 72.1 Å². The summed E-state index contributed by atoms with van der Waals surface area (Å²) < 4.78 is 0. The molecular formula is C28H32N4O10. The number of aromatic amines is 2. The van der Waals surface area contributed by atoms with Gasteiger partial charge in [-0.05, 0) is 23.3 Å². The van der Waals surface area contributed by atoms with Gasteiger partial charge in [-0.1, -0.05) is 36.4 Å². The molecule has 0 bridgehead atoms. The molecule has 0 aliphatic carbocycles. The predicted molar refractivity (Wildman–Crippen MR) is 150 cm³/mol. The number of aromatic nitrogens is 2. The molecule has 14 nitrogen and oxygen atoms in total. The minimum Gasteiger partial charge on any atom is -0.480 e. The van der Waals surface area contributed by atoms with E-state index in [1.807, 2.05) is 24.3 Å². The summed E-state index contributed by atoms with van der Waals surface area (Å²) in [5, 5.41) is 58.2. The molecule has 224 valence electrons. The molecule has 2 unspecified atom stereocenters. The fourth-order valence-electron chi connectivity index (χ4n) is 4.56. The Morgan fingerprint density at radius 2 is 0.976 bits per heavy atom. The smallest absolute Gasteiger partial charge is 0.336 e. The molecule has 12 N–H and O–H groups in total. The summed E-state index contributed by atoms with van der Waals surface area (Å²) in [6.45, 7) is 0. The first-order chi connectivity index (χ1) is 19.7. The number of fused-ring (bicyclic) bond motifs is 2. The molecule has 4 aromatic rings. The summed E-state index contributed by atoms with van der Waals surface area (Å²) in [4.78, 5) is 50.2. The molecule has 14 heteroatoms. The third-order valence-electron chi connectivity index (χ3n) is 6.86. The number of rotatable bonds is 12. The molecule has 4 atom stereocenters. The van der Waals surface area contributed by atoms with E-state index in [0.29, 0.717) is 11.1 Å². The third-order valence-corrected chi connectivity index (χ3v) is 6.86. The van der Waals surface area contributed by atoms with E-state index in [1.165, 1.54) is 0 Å². The zero-order valence-corrected chi connectivity index (χ0v) is 22.2. The van der Waals surface area contributed by atoms with Gasteiger partial charge in [0.2, 0.25) is 0 Å². The number of aliphatic carboxylic acids is 4. The highest BCUT2D eigenvalue weighted by Gasteiger charge is 2.41. The van der Waals surface area contributed by atoms with E-state index in [4.69, 9.17) is 21.7 Å². The molecule has 0 amide bonds. The standard InChI is InChI=1S/2C14H16N2O5/c2*15-10(12(17)18)6-14(21,13(19)20)5-8-7-16-11-4-2-1-3-9(8)11/h2*1-4,7,10,16,21H,5-6,15H2,(H,17,18)(H,19,20)/t10-,14-;/m0./s1. The van der Waals surface area contributed by atoms with Gasteiger partial charge in [-0.25, -0.2) is 9.59 Å². The number of para-hydroxylation sites is 2. The molecule has 0 aliphatic rings. The summed E-state index contributed by atoms with van der Waals surface area (Å²) in [7, 11) is 0. The zero-order valence-electron chi connectivity index (χ0n) is 22.2. The van der Waals surface area contributed by atoms with Gasteiger partial charge in [0.25, 0.3) is 0 Å². The van der Waals surface area contributed by atoms with E-state index < -0.39 is 60.0 Å². The number of carboxylic acid groups (broad SMARTS) is 4. The first kappa shape index (κ1) is 31.8. The molecule has 0 saturated carbocycles. The van der Waals surface area contributed by atoms with Crippen molar-refractivity contribution < 1.29 is 49.8 Å². The summed E-state index contributed by atoms with van der Waals surface area (Å²) >= 11 is 0. The number of hydrogen-bond donors (Lipinski definition) is 10. The van der Waals surface area contributed by atoms with Crippen LogP contribution in [0.4, 0.5) is 0 Å². The fourth-order valence-corrected chi connectivity index (χ4v) is 4.56. The average Bonchev–Trinajstić information content (AvgIpc) is 3.52. The molecule has 2 aromatic carbocycles. The Morgan fingerprint density at radius 3 is 1.29 bits per heavy atom. The van der Waals surface area contributed by atoms with Gasteiger partial charge in [0, 0.05) is 59.9 Å². The number of H-pyrrole nitrogens is 2. The number of aliphatic hydroxyl groups is 2. The molecule has 0 spiro atoms. The maximum absolute atomic E-state index is 11.3. The molecule has 42 heavy (non-hydrogen) atoms. The SMILES string of the molecule is NC(CC(O)(Cc1c[nH]c2ccccc12)C(=O)O)C(=O)O.N[C@@H](C[C@@](O)(Cc1c[nH]c2ccccc12)C(=O)O)C(=O)O. The Morgan fingerprint density at radius 1 is 0.643 bits per heavy atom. The molecule has 0 fully saturated rings. The second-order valence-electron chi connectivity index (χ2n) is 10.0. The van der Waals surface area contributed by atoms with Crippen molar-refractivity contribution in [1.82, 2.24) is 9.97 Å². The van der Waals surface area contributed by atoms with Gasteiger partial charge in [0.15, 0.2) is 11.2 Å². The van der Waals surface area contributed by atoms with E-state index in [0.717, 1.165) is 21.8 Å². The van der Waals surface area contributed by atoms with E-state index in [-0.39, 0.29) is 12.8 Å². The van der Waals surface area contributed by atoms with Crippen LogP contribution >= 0.6 is 0 Å². The van der Waals surface area contributed by atoms with Gasteiger partial charge in [0.05, 0.1) is 0 Å². The molecule has 0 aliphatic heterocycles. The van der Waals surface area contributed by atoms with Crippen molar-refractivity contribution in [2.75, 3.05) is 0 Å². The quantitative estimate of drug-likeness (QED) is 0.110. The lowest BCUT2D eigenvalue weighted by Gasteiger charge is -2.24. The lowest BCUT2D eigenvalue weighted by Crippen LogP contribution is -2.48. The summed E-state index contributed by atoms with van der Waals surface area (Å²) in [6, 6.07) is 11.6. The number of carbonyl (C=O) groups is 4. The number of carboxylic acids is 4. The number of nitrogens with one attached hydrogen (secondary N) is 2. The first-order valence-corrected chi connectivity index (χ1v) is 12.6. The molecule has 4 rings (SSSR count). The minimum atomic E-state index is -2.23. The van der Waals surface area contributed by atoms with E-state index in [2.05, 4.69) is 9.97 Å². The first-order valence-electron chi connectivity index (χ1n) is 12.6. The van der Waals surface area contributed by atoms with Crippen LogP contribution in [-0.4, -0.2) is 87.8 Å². The highest BCUT2D eigenvalue weighted by Crippen LogP contribution is 2.27. The lowest BCUT2D eigenvalue weighted by molar-refractivity contribution is -0.161. The van der Waals surface area contributed by atoms with E-state index in [9.17, 15) is 39.6 Å². The summed E-state index contributed by atoms with van der Waals surface area (Å²) in [5.74, 6) is -5.70. The van der Waals surface area contributed by atoms with Crippen LogP contribution in [0.2, 0.25) is 0 Å². The average molecular weight is 585 g/mol. The maximum Gasteiger partial charge on any atom is 0.336 e. The minimum absolute atomic E-state index is 0.229. The Labute approximate surface area is 238 Å². The van der Waals surface area contributed by atoms with Gasteiger partial charge in [-0.2, -0.15) is 0 Å². The molecule has 2 heterocycles. The zero-order chi connectivity index (χ0) is 31.2. The Balaban J connectivity index is 0.000000230. The Kier molecular flexibility index (Phi) is 9.70. The van der Waals surface area contributed by atoms with Crippen LogP contribution in [0.1, 0.15) is 24.0 Å². The van der Waals surface area contributed by atoms with Crippen LogP contribution < -0.4 is 11.5 Å². The van der Waals surface area contributed by atoms with Crippen LogP contribution in [0.5, 0.6) is 0 Å². The molecule has 0 saturated heterocycles. The van der Waals surface area contributed by atoms with Crippen molar-refractivity contribution >= 4 is 45.7 Å². The Bertz CT molecular complexity index is 1480. The van der Waals surface area contributed by atoms with Crippen LogP contribution in [0, 0.1) is 0 Å². The van der Waals surface area contributed by atoms with E-state index >= 15 is 0 Å². The lowest BCUT2D eigenvalue weighted by atomic mass is 9.88. The fraction of sp³-hybridized carbons (Fsp3) is 0.286. The largest absolute Gasteiger partial charge is 0.480 e. The van der Waals surface area contributed by atoms with Crippen molar-refractivity contribution in [3.63, 3.8) is 0 Å². The van der Waals surface area contributed by atoms with Crippen LogP contribution in [0.3, 0.4) is 0 Å². The van der Waals surface area contributed by atoms with Crippen LogP contribution in [-0.2, 0) is 32.0 Å². The van der Waals surface area contributed by atoms with Gasteiger partial charge in [-0.15, -0.1) is 0 Å². The third kappa shape index (κ3) is 7.30. The van der Waals surface area contributed by atoms with Crippen molar-refractivity contribution in [2.45, 2.75) is 49.0 Å². The maximum atomic E-state index is 11.3. The molecule has 0 radical (unpaired) electrons. The number of benzene rings is 2. The van der Waals surface area contributed by atoms with Crippen LogP contribution in [0.15, 0.2) is 60.9 Å². The van der Waals surface area contributed by atoms with Crippen LogP contribution in [0.25, 0.3) is 21.8 Å². The van der Waals surface area contributed by atoms with E-state index in [1.54, 1.807) is 36.7 Å². The van der Waals surface area contributed by atoms with Gasteiger partial charge in [-0.3, -0.25) is 9.59 Å². The molecular weight excluding hydrogens is 552 g/mol. The van der Waals surface area contributed by atoms with Crippen molar-refractivity contribution in [3.8, 4) is 0 Å². The van der Waals surface area contributed by atoms with Crippen molar-refractivity contribution in [1.29, 1.82) is 0 Å². The normalized spacial score (nSPS) is 15.5. The predicted octanol–water partition coefficient (Wildman–Crippen LogP) is 0.656.